The molecule has 120 valence electrons. The third-order valence-electron chi connectivity index (χ3n) is 4.76. The van der Waals surface area contributed by atoms with Gasteiger partial charge in [-0.3, -0.25) is 14.6 Å². The average Bonchev–Trinajstić information content (AvgIpc) is 2.53. The SMILES string of the molecule is CC(=O)Nc1cccc([C@H](C)NC[C@@H]2CN3CCN2CC3)c1. The molecule has 2 N–H and O–H groups in total. The van der Waals surface area contributed by atoms with Crippen LogP contribution in [0.2, 0.25) is 0 Å². The summed E-state index contributed by atoms with van der Waals surface area (Å²) in [6, 6.07) is 9.00. The van der Waals surface area contributed by atoms with Crippen molar-refractivity contribution in [1.29, 1.82) is 0 Å². The van der Waals surface area contributed by atoms with E-state index in [4.69, 9.17) is 0 Å². The van der Waals surface area contributed by atoms with Crippen LogP contribution >= 0.6 is 0 Å². The molecular weight excluding hydrogens is 276 g/mol. The zero-order valence-electron chi connectivity index (χ0n) is 13.5. The molecule has 0 radical (unpaired) electrons. The van der Waals surface area contributed by atoms with Crippen molar-refractivity contribution < 1.29 is 4.79 Å². The molecule has 1 amide bonds. The van der Waals surface area contributed by atoms with E-state index in [-0.39, 0.29) is 11.9 Å². The molecule has 0 aromatic heterocycles. The minimum absolute atomic E-state index is 0.0298. The molecule has 0 aliphatic carbocycles. The van der Waals surface area contributed by atoms with Crippen LogP contribution in [0.1, 0.15) is 25.5 Å². The number of anilines is 1. The van der Waals surface area contributed by atoms with Gasteiger partial charge in [0.05, 0.1) is 0 Å². The Bertz CT molecular complexity index is 525. The van der Waals surface area contributed by atoms with E-state index in [0.717, 1.165) is 12.2 Å². The maximum Gasteiger partial charge on any atom is 0.221 e. The number of piperazine rings is 3. The highest BCUT2D eigenvalue weighted by molar-refractivity contribution is 5.88. The Labute approximate surface area is 132 Å². The zero-order chi connectivity index (χ0) is 15.5. The van der Waals surface area contributed by atoms with Gasteiger partial charge < -0.3 is 10.6 Å². The fourth-order valence-electron chi connectivity index (χ4n) is 3.44. The molecule has 3 aliphatic heterocycles. The molecule has 0 saturated carbocycles. The fraction of sp³-hybridized carbons (Fsp3) is 0.588. The van der Waals surface area contributed by atoms with E-state index in [9.17, 15) is 4.79 Å². The summed E-state index contributed by atoms with van der Waals surface area (Å²) in [5.74, 6) is -0.0298. The maximum absolute atomic E-state index is 11.2. The molecule has 3 saturated heterocycles. The highest BCUT2D eigenvalue weighted by Gasteiger charge is 2.31. The zero-order valence-corrected chi connectivity index (χ0v) is 13.5. The highest BCUT2D eigenvalue weighted by atomic mass is 16.1. The lowest BCUT2D eigenvalue weighted by Gasteiger charge is -2.47. The summed E-state index contributed by atoms with van der Waals surface area (Å²) in [6.07, 6.45) is 0. The van der Waals surface area contributed by atoms with Crippen molar-refractivity contribution in [3.8, 4) is 0 Å². The standard InChI is InChI=1S/C17H26N4O/c1-13(15-4-3-5-16(10-15)19-14(2)22)18-11-17-12-20-6-8-21(17)9-7-20/h3-5,10,13,17-18H,6-9,11-12H2,1-2H3,(H,19,22)/t13-,17+/m0/s1. The van der Waals surface area contributed by atoms with Gasteiger partial charge >= 0.3 is 0 Å². The van der Waals surface area contributed by atoms with Crippen LogP contribution in [0.5, 0.6) is 0 Å². The smallest absolute Gasteiger partial charge is 0.221 e. The van der Waals surface area contributed by atoms with Crippen LogP contribution in [0.4, 0.5) is 5.69 Å². The number of hydrogen-bond donors (Lipinski definition) is 2. The Morgan fingerprint density at radius 3 is 2.73 bits per heavy atom. The van der Waals surface area contributed by atoms with Crippen molar-refractivity contribution in [2.24, 2.45) is 0 Å². The molecule has 2 atom stereocenters. The largest absolute Gasteiger partial charge is 0.326 e. The Morgan fingerprint density at radius 1 is 1.32 bits per heavy atom. The highest BCUT2D eigenvalue weighted by Crippen LogP contribution is 2.19. The van der Waals surface area contributed by atoms with Gasteiger partial charge in [-0.05, 0) is 24.6 Å². The van der Waals surface area contributed by atoms with Gasteiger partial charge in [0, 0.05) is 64.0 Å². The molecule has 5 heteroatoms. The Balaban J connectivity index is 1.55. The second-order valence-electron chi connectivity index (χ2n) is 6.43. The van der Waals surface area contributed by atoms with E-state index < -0.39 is 0 Å². The molecule has 5 nitrogen and oxygen atoms in total. The number of hydrogen-bond acceptors (Lipinski definition) is 4. The van der Waals surface area contributed by atoms with E-state index in [2.05, 4.69) is 39.5 Å². The minimum atomic E-state index is -0.0298. The number of nitrogens with one attached hydrogen (secondary N) is 2. The van der Waals surface area contributed by atoms with E-state index in [1.165, 1.54) is 45.2 Å². The normalized spacial score (nSPS) is 28.4. The predicted molar refractivity (Wildman–Crippen MR) is 89.0 cm³/mol. The van der Waals surface area contributed by atoms with Crippen molar-refractivity contribution in [1.82, 2.24) is 15.1 Å². The molecule has 0 spiro atoms. The first-order valence-electron chi connectivity index (χ1n) is 8.19. The second kappa shape index (κ2) is 6.77. The molecule has 3 fully saturated rings. The summed E-state index contributed by atoms with van der Waals surface area (Å²) in [5.41, 5.74) is 2.08. The lowest BCUT2D eigenvalue weighted by Crippen LogP contribution is -2.63. The lowest BCUT2D eigenvalue weighted by molar-refractivity contribution is -0.114. The number of nitrogens with zero attached hydrogens (tertiary/aromatic N) is 2. The van der Waals surface area contributed by atoms with E-state index in [1.54, 1.807) is 0 Å². The lowest BCUT2D eigenvalue weighted by atomic mass is 10.1. The van der Waals surface area contributed by atoms with Gasteiger partial charge in [0.1, 0.15) is 0 Å². The monoisotopic (exact) mass is 302 g/mol. The molecule has 3 aliphatic rings. The van der Waals surface area contributed by atoms with Crippen LogP contribution in [-0.4, -0.2) is 61.0 Å². The molecule has 0 unspecified atom stereocenters. The maximum atomic E-state index is 11.2. The summed E-state index contributed by atoms with van der Waals surface area (Å²) in [4.78, 5) is 16.3. The molecule has 1 aromatic carbocycles. The Hall–Kier alpha value is -1.43. The van der Waals surface area contributed by atoms with Gasteiger partial charge in [0.15, 0.2) is 0 Å². The molecule has 1 aromatic rings. The Kier molecular flexibility index (Phi) is 4.76. The van der Waals surface area contributed by atoms with Gasteiger partial charge in [-0.25, -0.2) is 0 Å². The van der Waals surface area contributed by atoms with Crippen LogP contribution in [0.3, 0.4) is 0 Å². The van der Waals surface area contributed by atoms with Crippen LogP contribution in [-0.2, 0) is 4.79 Å². The number of carbonyl (C=O) groups is 1. The summed E-state index contributed by atoms with van der Waals surface area (Å²) >= 11 is 0. The van der Waals surface area contributed by atoms with Crippen LogP contribution in [0.15, 0.2) is 24.3 Å². The van der Waals surface area contributed by atoms with Crippen LogP contribution in [0, 0.1) is 0 Å². The molecule has 2 bridgehead atoms. The van der Waals surface area contributed by atoms with E-state index >= 15 is 0 Å². The fourth-order valence-corrected chi connectivity index (χ4v) is 3.44. The van der Waals surface area contributed by atoms with E-state index in [0.29, 0.717) is 6.04 Å². The van der Waals surface area contributed by atoms with Crippen molar-refractivity contribution in [3.05, 3.63) is 29.8 Å². The topological polar surface area (TPSA) is 47.6 Å². The molecule has 22 heavy (non-hydrogen) atoms. The first-order valence-corrected chi connectivity index (χ1v) is 8.19. The average molecular weight is 302 g/mol. The minimum Gasteiger partial charge on any atom is -0.326 e. The third-order valence-corrected chi connectivity index (χ3v) is 4.76. The molecule has 4 rings (SSSR count). The Morgan fingerprint density at radius 2 is 2.09 bits per heavy atom. The quantitative estimate of drug-likeness (QED) is 0.861. The van der Waals surface area contributed by atoms with Crippen LogP contribution in [0.25, 0.3) is 0 Å². The number of benzene rings is 1. The van der Waals surface area contributed by atoms with Gasteiger partial charge in [0.25, 0.3) is 0 Å². The van der Waals surface area contributed by atoms with Gasteiger partial charge in [0.2, 0.25) is 5.91 Å². The number of carbonyl (C=O) groups excluding carboxylic acids is 1. The van der Waals surface area contributed by atoms with Crippen molar-refractivity contribution >= 4 is 11.6 Å². The molecular formula is C17H26N4O. The summed E-state index contributed by atoms with van der Waals surface area (Å²) in [5, 5.41) is 6.50. The van der Waals surface area contributed by atoms with E-state index in [1.807, 2.05) is 12.1 Å². The third kappa shape index (κ3) is 3.66. The summed E-state index contributed by atoms with van der Waals surface area (Å²) < 4.78 is 0. The van der Waals surface area contributed by atoms with Crippen molar-refractivity contribution in [2.75, 3.05) is 44.6 Å². The summed E-state index contributed by atoms with van der Waals surface area (Å²) in [7, 11) is 0. The second-order valence-corrected chi connectivity index (χ2v) is 6.43. The number of rotatable bonds is 5. The van der Waals surface area contributed by atoms with Crippen molar-refractivity contribution in [2.45, 2.75) is 25.9 Å². The molecule has 3 heterocycles. The van der Waals surface area contributed by atoms with Gasteiger partial charge in [-0.1, -0.05) is 12.1 Å². The number of amides is 1. The van der Waals surface area contributed by atoms with Gasteiger partial charge in [-0.2, -0.15) is 0 Å². The summed E-state index contributed by atoms with van der Waals surface area (Å²) in [6.45, 7) is 10.8. The predicted octanol–water partition coefficient (Wildman–Crippen LogP) is 1.30. The first-order chi connectivity index (χ1) is 10.6. The van der Waals surface area contributed by atoms with Crippen LogP contribution < -0.4 is 10.6 Å². The van der Waals surface area contributed by atoms with Gasteiger partial charge in [-0.15, -0.1) is 0 Å². The van der Waals surface area contributed by atoms with Crippen molar-refractivity contribution in [3.63, 3.8) is 0 Å². The first kappa shape index (κ1) is 15.5. The number of fused-ring (bicyclic) bond motifs is 3.